The molecule has 0 saturated carbocycles. The van der Waals surface area contributed by atoms with Crippen LogP contribution in [-0.2, 0) is 0 Å². The van der Waals surface area contributed by atoms with Gasteiger partial charge in [0.15, 0.2) is 0 Å². The van der Waals surface area contributed by atoms with Crippen molar-refractivity contribution in [2.24, 2.45) is 0 Å². The van der Waals surface area contributed by atoms with E-state index in [0.717, 1.165) is 22.8 Å². The van der Waals surface area contributed by atoms with Gasteiger partial charge in [0.1, 0.15) is 0 Å². The van der Waals surface area contributed by atoms with Crippen molar-refractivity contribution in [2.75, 3.05) is 5.32 Å². The Morgan fingerprint density at radius 2 is 1.79 bits per heavy atom. The molecule has 2 rings (SSSR count). The first-order valence-corrected chi connectivity index (χ1v) is 6.61. The maximum Gasteiger partial charge on any atom is 0.0531 e. The van der Waals surface area contributed by atoms with Crippen molar-refractivity contribution in [3.63, 3.8) is 0 Å². The molecule has 1 atom stereocenters. The summed E-state index contributed by atoms with van der Waals surface area (Å²) in [4.78, 5) is 8.86. The predicted octanol–water partition coefficient (Wildman–Crippen LogP) is 3.88. The summed E-state index contributed by atoms with van der Waals surface area (Å²) in [5, 5.41) is 3.48. The Bertz CT molecular complexity index is 550. The molecule has 0 aliphatic carbocycles. The highest BCUT2D eigenvalue weighted by atomic mass is 14.9. The summed E-state index contributed by atoms with van der Waals surface area (Å²) in [6.07, 6.45) is 1.87. The number of hydrogen-bond acceptors (Lipinski definition) is 3. The van der Waals surface area contributed by atoms with Gasteiger partial charge < -0.3 is 5.32 Å². The van der Waals surface area contributed by atoms with Crippen molar-refractivity contribution in [3.05, 3.63) is 52.6 Å². The molecule has 0 aromatic carbocycles. The monoisotopic (exact) mass is 255 g/mol. The molecule has 0 saturated heterocycles. The predicted molar refractivity (Wildman–Crippen MR) is 79.5 cm³/mol. The number of nitrogens with one attached hydrogen (secondary N) is 1. The first-order valence-electron chi connectivity index (χ1n) is 6.61. The minimum atomic E-state index is 0.220. The number of aromatic nitrogens is 2. The van der Waals surface area contributed by atoms with E-state index in [9.17, 15) is 0 Å². The summed E-state index contributed by atoms with van der Waals surface area (Å²) >= 11 is 0. The van der Waals surface area contributed by atoms with Gasteiger partial charge in [0.05, 0.1) is 17.9 Å². The minimum absolute atomic E-state index is 0.220. The van der Waals surface area contributed by atoms with E-state index in [-0.39, 0.29) is 6.04 Å². The minimum Gasteiger partial charge on any atom is -0.377 e. The fourth-order valence-electron chi connectivity index (χ4n) is 2.56. The number of nitrogens with zero attached hydrogens (tertiary/aromatic N) is 2. The van der Waals surface area contributed by atoms with Crippen LogP contribution in [-0.4, -0.2) is 9.97 Å². The SMILES string of the molecule is Cc1ccc(NC(C)c2c(C)cc(C)nc2C)cn1. The van der Waals surface area contributed by atoms with Crippen LogP contribution in [0.15, 0.2) is 24.4 Å². The lowest BCUT2D eigenvalue weighted by Gasteiger charge is -2.20. The number of hydrogen-bond donors (Lipinski definition) is 1. The second-order valence-electron chi connectivity index (χ2n) is 5.13. The summed E-state index contributed by atoms with van der Waals surface area (Å²) in [6.45, 7) is 10.4. The van der Waals surface area contributed by atoms with Crippen molar-refractivity contribution < 1.29 is 0 Å². The molecule has 1 unspecified atom stereocenters. The largest absolute Gasteiger partial charge is 0.377 e. The highest BCUT2D eigenvalue weighted by Crippen LogP contribution is 2.24. The van der Waals surface area contributed by atoms with Crippen molar-refractivity contribution in [3.8, 4) is 0 Å². The van der Waals surface area contributed by atoms with Crippen LogP contribution in [0.5, 0.6) is 0 Å². The van der Waals surface area contributed by atoms with E-state index in [1.165, 1.54) is 11.1 Å². The van der Waals surface area contributed by atoms with Gasteiger partial charge in [-0.3, -0.25) is 9.97 Å². The van der Waals surface area contributed by atoms with Gasteiger partial charge in [0, 0.05) is 17.1 Å². The molecule has 2 heterocycles. The highest BCUT2D eigenvalue weighted by molar-refractivity contribution is 5.45. The highest BCUT2D eigenvalue weighted by Gasteiger charge is 2.13. The lowest BCUT2D eigenvalue weighted by Crippen LogP contribution is -2.11. The number of pyridine rings is 2. The molecule has 3 heteroatoms. The molecule has 2 aromatic heterocycles. The Morgan fingerprint density at radius 3 is 2.37 bits per heavy atom. The summed E-state index contributed by atoms with van der Waals surface area (Å²) in [7, 11) is 0. The average Bonchev–Trinajstić information content (AvgIpc) is 2.30. The van der Waals surface area contributed by atoms with Crippen LogP contribution in [0.25, 0.3) is 0 Å². The van der Waals surface area contributed by atoms with Crippen molar-refractivity contribution in [1.82, 2.24) is 9.97 Å². The van der Waals surface area contributed by atoms with Gasteiger partial charge >= 0.3 is 0 Å². The van der Waals surface area contributed by atoms with Crippen LogP contribution >= 0.6 is 0 Å². The van der Waals surface area contributed by atoms with Crippen LogP contribution < -0.4 is 5.32 Å². The molecule has 2 aromatic rings. The van der Waals surface area contributed by atoms with Crippen molar-refractivity contribution in [1.29, 1.82) is 0 Å². The maximum absolute atomic E-state index is 4.56. The topological polar surface area (TPSA) is 37.8 Å². The van der Waals surface area contributed by atoms with E-state index in [2.05, 4.69) is 48.2 Å². The molecule has 0 aliphatic heterocycles. The Balaban J connectivity index is 2.25. The van der Waals surface area contributed by atoms with Gasteiger partial charge in [-0.2, -0.15) is 0 Å². The van der Waals surface area contributed by atoms with Gasteiger partial charge in [-0.15, -0.1) is 0 Å². The smallest absolute Gasteiger partial charge is 0.0531 e. The molecular formula is C16H21N3. The summed E-state index contributed by atoms with van der Waals surface area (Å²) in [6, 6.07) is 6.43. The van der Waals surface area contributed by atoms with Gasteiger partial charge in [-0.25, -0.2) is 0 Å². The Kier molecular flexibility index (Phi) is 3.84. The zero-order valence-electron chi connectivity index (χ0n) is 12.3. The Morgan fingerprint density at radius 1 is 1.05 bits per heavy atom. The molecule has 0 bridgehead atoms. The lowest BCUT2D eigenvalue weighted by atomic mass is 10.0. The normalized spacial score (nSPS) is 12.3. The molecule has 0 aliphatic rings. The molecule has 3 nitrogen and oxygen atoms in total. The third-order valence-corrected chi connectivity index (χ3v) is 3.31. The van der Waals surface area contributed by atoms with Crippen molar-refractivity contribution >= 4 is 5.69 Å². The summed E-state index contributed by atoms with van der Waals surface area (Å²) < 4.78 is 0. The first-order chi connectivity index (χ1) is 8.97. The molecule has 19 heavy (non-hydrogen) atoms. The molecule has 0 fully saturated rings. The molecule has 0 amide bonds. The summed E-state index contributed by atoms with van der Waals surface area (Å²) in [5.74, 6) is 0. The fraction of sp³-hybridized carbons (Fsp3) is 0.375. The molecule has 100 valence electrons. The van der Waals surface area contributed by atoms with Crippen LogP contribution in [0, 0.1) is 27.7 Å². The Hall–Kier alpha value is -1.90. The number of aryl methyl sites for hydroxylation is 4. The van der Waals surface area contributed by atoms with E-state index < -0.39 is 0 Å². The standard InChI is InChI=1S/C16H21N3/c1-10-8-12(3)18-13(4)16(10)14(5)19-15-7-6-11(2)17-9-15/h6-9,14,19H,1-5H3. The first kappa shape index (κ1) is 13.5. The molecule has 0 radical (unpaired) electrons. The quantitative estimate of drug-likeness (QED) is 0.904. The molecule has 1 N–H and O–H groups in total. The number of anilines is 1. The summed E-state index contributed by atoms with van der Waals surface area (Å²) in [5.41, 5.74) is 6.79. The molecular weight excluding hydrogens is 234 g/mol. The van der Waals surface area contributed by atoms with Crippen LogP contribution in [0.3, 0.4) is 0 Å². The van der Waals surface area contributed by atoms with E-state index in [1.54, 1.807) is 0 Å². The zero-order chi connectivity index (χ0) is 14.0. The molecule has 0 spiro atoms. The van der Waals surface area contributed by atoms with Gasteiger partial charge in [-0.05, 0) is 63.9 Å². The zero-order valence-corrected chi connectivity index (χ0v) is 12.3. The fourth-order valence-corrected chi connectivity index (χ4v) is 2.56. The maximum atomic E-state index is 4.56. The van der Waals surface area contributed by atoms with E-state index in [1.807, 2.05) is 26.1 Å². The van der Waals surface area contributed by atoms with Crippen LogP contribution in [0.4, 0.5) is 5.69 Å². The lowest BCUT2D eigenvalue weighted by molar-refractivity contribution is 0.841. The van der Waals surface area contributed by atoms with Crippen LogP contribution in [0.2, 0.25) is 0 Å². The van der Waals surface area contributed by atoms with E-state index >= 15 is 0 Å². The van der Waals surface area contributed by atoms with Crippen LogP contribution in [0.1, 0.15) is 41.2 Å². The third kappa shape index (κ3) is 3.11. The second-order valence-corrected chi connectivity index (χ2v) is 5.13. The Labute approximate surface area is 115 Å². The van der Waals surface area contributed by atoms with Gasteiger partial charge in [0.2, 0.25) is 0 Å². The van der Waals surface area contributed by atoms with Gasteiger partial charge in [0.25, 0.3) is 0 Å². The van der Waals surface area contributed by atoms with E-state index in [0.29, 0.717) is 0 Å². The van der Waals surface area contributed by atoms with Crippen molar-refractivity contribution in [2.45, 2.75) is 40.7 Å². The third-order valence-electron chi connectivity index (χ3n) is 3.31. The van der Waals surface area contributed by atoms with Gasteiger partial charge in [-0.1, -0.05) is 0 Å². The second kappa shape index (κ2) is 5.39. The van der Waals surface area contributed by atoms with E-state index in [4.69, 9.17) is 0 Å². The average molecular weight is 255 g/mol. The number of rotatable bonds is 3.